The van der Waals surface area contributed by atoms with E-state index in [1.165, 1.54) is 11.1 Å². The molecular formula is C17H16F3N3O. The lowest BCUT2D eigenvalue weighted by Crippen LogP contribution is -2.34. The number of rotatable bonds is 3. The molecule has 0 bridgehead atoms. The molecule has 1 unspecified atom stereocenters. The van der Waals surface area contributed by atoms with E-state index in [1.54, 1.807) is 0 Å². The molecule has 0 saturated carbocycles. The molecule has 126 valence electrons. The second-order valence-electron chi connectivity index (χ2n) is 5.81. The van der Waals surface area contributed by atoms with E-state index in [9.17, 15) is 18.0 Å². The average molecular weight is 335 g/mol. The summed E-state index contributed by atoms with van der Waals surface area (Å²) in [5, 5.41) is 2.71. The summed E-state index contributed by atoms with van der Waals surface area (Å²) in [5.41, 5.74) is 1.55. The molecular weight excluding hydrogens is 319 g/mol. The lowest BCUT2D eigenvalue weighted by molar-refractivity contribution is -0.138. The fraction of sp³-hybridized carbons (Fsp3) is 0.353. The number of nitrogens with zero attached hydrogens (tertiary/aromatic N) is 2. The van der Waals surface area contributed by atoms with Crippen molar-refractivity contribution < 1.29 is 18.0 Å². The maximum atomic E-state index is 12.4. The zero-order chi connectivity index (χ0) is 17.2. The van der Waals surface area contributed by atoms with Crippen LogP contribution in [0.5, 0.6) is 0 Å². The summed E-state index contributed by atoms with van der Waals surface area (Å²) < 4.78 is 37.3. The van der Waals surface area contributed by atoms with Crippen molar-refractivity contribution in [2.75, 3.05) is 0 Å². The van der Waals surface area contributed by atoms with Crippen LogP contribution in [0.25, 0.3) is 0 Å². The molecule has 3 rings (SSSR count). The molecule has 24 heavy (non-hydrogen) atoms. The van der Waals surface area contributed by atoms with Crippen LogP contribution >= 0.6 is 0 Å². The van der Waals surface area contributed by atoms with Crippen LogP contribution in [0.3, 0.4) is 0 Å². The Morgan fingerprint density at radius 1 is 1.17 bits per heavy atom. The van der Waals surface area contributed by atoms with Gasteiger partial charge in [0.2, 0.25) is 5.91 Å². The van der Waals surface area contributed by atoms with Crippen LogP contribution in [0.1, 0.15) is 28.9 Å². The maximum Gasteiger partial charge on any atom is 0.419 e. The standard InChI is InChI=1S/C17H16F3N3O/c18-17(19,20)14-8-21-15(22-9-14)10-23-16(24)13-6-5-11-3-1-2-4-12(11)7-13/h1-4,8-9,13H,5-7,10H2,(H,23,24). The van der Waals surface area contributed by atoms with Gasteiger partial charge < -0.3 is 5.32 Å². The van der Waals surface area contributed by atoms with E-state index in [1.807, 2.05) is 18.2 Å². The normalized spacial score (nSPS) is 17.2. The topological polar surface area (TPSA) is 54.9 Å². The van der Waals surface area contributed by atoms with Crippen molar-refractivity contribution in [3.05, 3.63) is 59.2 Å². The van der Waals surface area contributed by atoms with Crippen molar-refractivity contribution in [1.82, 2.24) is 15.3 Å². The molecule has 2 aromatic rings. The molecule has 0 aliphatic heterocycles. The minimum atomic E-state index is -4.46. The van der Waals surface area contributed by atoms with Crippen molar-refractivity contribution in [1.29, 1.82) is 0 Å². The van der Waals surface area contributed by atoms with Crippen molar-refractivity contribution in [2.45, 2.75) is 32.0 Å². The first kappa shape index (κ1) is 16.4. The number of carbonyl (C=O) groups excluding carboxylic acids is 1. The molecule has 0 fully saturated rings. The average Bonchev–Trinajstić information content (AvgIpc) is 2.59. The SMILES string of the molecule is O=C(NCc1ncc(C(F)(F)F)cn1)C1CCc2ccccc2C1. The van der Waals surface area contributed by atoms with Gasteiger partial charge in [-0.05, 0) is 30.4 Å². The highest BCUT2D eigenvalue weighted by atomic mass is 19.4. The number of benzene rings is 1. The monoisotopic (exact) mass is 335 g/mol. The maximum absolute atomic E-state index is 12.4. The molecule has 1 N–H and O–H groups in total. The summed E-state index contributed by atoms with van der Waals surface area (Å²) in [7, 11) is 0. The van der Waals surface area contributed by atoms with Gasteiger partial charge in [-0.1, -0.05) is 24.3 Å². The Bertz CT molecular complexity index is 729. The molecule has 0 radical (unpaired) electrons. The predicted octanol–water partition coefficient (Wildman–Crippen LogP) is 2.92. The largest absolute Gasteiger partial charge is 0.419 e. The summed E-state index contributed by atoms with van der Waals surface area (Å²) >= 11 is 0. The van der Waals surface area contributed by atoms with Crippen LogP contribution in [0.15, 0.2) is 36.7 Å². The smallest absolute Gasteiger partial charge is 0.349 e. The Labute approximate surface area is 137 Å². The quantitative estimate of drug-likeness (QED) is 0.938. The fourth-order valence-corrected chi connectivity index (χ4v) is 2.82. The number of amides is 1. The summed E-state index contributed by atoms with van der Waals surface area (Å²) in [6.45, 7) is 0.0229. The second-order valence-corrected chi connectivity index (χ2v) is 5.81. The van der Waals surface area contributed by atoms with Gasteiger partial charge in [-0.2, -0.15) is 13.2 Å². The first-order valence-corrected chi connectivity index (χ1v) is 7.66. The Morgan fingerprint density at radius 3 is 2.50 bits per heavy atom. The van der Waals surface area contributed by atoms with E-state index in [2.05, 4.69) is 21.4 Å². The van der Waals surface area contributed by atoms with E-state index < -0.39 is 11.7 Å². The molecule has 1 atom stereocenters. The van der Waals surface area contributed by atoms with Gasteiger partial charge in [0.05, 0.1) is 12.1 Å². The van der Waals surface area contributed by atoms with Crippen molar-refractivity contribution in [3.8, 4) is 0 Å². The third kappa shape index (κ3) is 3.72. The van der Waals surface area contributed by atoms with E-state index in [4.69, 9.17) is 0 Å². The molecule has 1 aliphatic carbocycles. The molecule has 1 aromatic heterocycles. The Morgan fingerprint density at radius 2 is 1.83 bits per heavy atom. The fourth-order valence-electron chi connectivity index (χ4n) is 2.82. The second kappa shape index (κ2) is 6.59. The van der Waals surface area contributed by atoms with Crippen LogP contribution in [0.2, 0.25) is 0 Å². The van der Waals surface area contributed by atoms with Gasteiger partial charge in [0.15, 0.2) is 0 Å². The number of fused-ring (bicyclic) bond motifs is 1. The third-order valence-electron chi connectivity index (χ3n) is 4.17. The molecule has 1 aliphatic rings. The zero-order valence-electron chi connectivity index (χ0n) is 12.8. The van der Waals surface area contributed by atoms with Gasteiger partial charge in [-0.25, -0.2) is 9.97 Å². The minimum Gasteiger partial charge on any atom is -0.349 e. The molecule has 0 spiro atoms. The molecule has 1 amide bonds. The highest BCUT2D eigenvalue weighted by molar-refractivity contribution is 5.79. The molecule has 1 aromatic carbocycles. The van der Waals surface area contributed by atoms with Gasteiger partial charge >= 0.3 is 6.18 Å². The molecule has 7 heteroatoms. The van der Waals surface area contributed by atoms with Crippen molar-refractivity contribution in [2.24, 2.45) is 5.92 Å². The summed E-state index contributed by atoms with van der Waals surface area (Å²) in [4.78, 5) is 19.6. The zero-order valence-corrected chi connectivity index (χ0v) is 12.8. The lowest BCUT2D eigenvalue weighted by Gasteiger charge is -2.23. The Balaban J connectivity index is 1.56. The van der Waals surface area contributed by atoms with Gasteiger partial charge in [0, 0.05) is 18.3 Å². The van der Waals surface area contributed by atoms with Gasteiger partial charge in [0.25, 0.3) is 0 Å². The predicted molar refractivity (Wildman–Crippen MR) is 80.8 cm³/mol. The number of hydrogen-bond acceptors (Lipinski definition) is 3. The summed E-state index contributed by atoms with van der Waals surface area (Å²) in [6.07, 6.45) is -0.717. The molecule has 4 nitrogen and oxygen atoms in total. The number of aryl methyl sites for hydroxylation is 1. The van der Waals surface area contributed by atoms with E-state index in [-0.39, 0.29) is 24.2 Å². The Hall–Kier alpha value is -2.44. The van der Waals surface area contributed by atoms with Crippen molar-refractivity contribution in [3.63, 3.8) is 0 Å². The highest BCUT2D eigenvalue weighted by Crippen LogP contribution is 2.28. The van der Waals surface area contributed by atoms with Crippen LogP contribution in [-0.4, -0.2) is 15.9 Å². The first-order valence-electron chi connectivity index (χ1n) is 7.66. The van der Waals surface area contributed by atoms with Crippen LogP contribution < -0.4 is 5.32 Å². The number of halogens is 3. The lowest BCUT2D eigenvalue weighted by atomic mass is 9.83. The van der Waals surface area contributed by atoms with E-state index in [0.717, 1.165) is 25.2 Å². The number of alkyl halides is 3. The summed E-state index contributed by atoms with van der Waals surface area (Å²) in [5.74, 6) is -0.0880. The molecule has 0 saturated heterocycles. The van der Waals surface area contributed by atoms with Crippen molar-refractivity contribution >= 4 is 5.91 Å². The van der Waals surface area contributed by atoms with Crippen LogP contribution in [-0.2, 0) is 30.4 Å². The summed E-state index contributed by atoms with van der Waals surface area (Å²) in [6, 6.07) is 8.03. The number of hydrogen-bond donors (Lipinski definition) is 1. The number of nitrogens with one attached hydrogen (secondary N) is 1. The third-order valence-corrected chi connectivity index (χ3v) is 4.17. The molecule has 1 heterocycles. The number of carbonyl (C=O) groups is 1. The highest BCUT2D eigenvalue weighted by Gasteiger charge is 2.31. The van der Waals surface area contributed by atoms with Gasteiger partial charge in [-0.3, -0.25) is 4.79 Å². The minimum absolute atomic E-state index is 0.0229. The van der Waals surface area contributed by atoms with E-state index >= 15 is 0 Å². The first-order chi connectivity index (χ1) is 11.4. The van der Waals surface area contributed by atoms with E-state index in [0.29, 0.717) is 6.42 Å². The number of aromatic nitrogens is 2. The Kier molecular flexibility index (Phi) is 4.51. The van der Waals surface area contributed by atoms with Gasteiger partial charge in [-0.15, -0.1) is 0 Å². The van der Waals surface area contributed by atoms with Crippen LogP contribution in [0.4, 0.5) is 13.2 Å². The van der Waals surface area contributed by atoms with Gasteiger partial charge in [0.1, 0.15) is 5.82 Å². The van der Waals surface area contributed by atoms with Crippen LogP contribution in [0, 0.1) is 5.92 Å².